The molecule has 0 fully saturated rings. The highest BCUT2D eigenvalue weighted by Crippen LogP contribution is 2.55. The van der Waals surface area contributed by atoms with Gasteiger partial charge in [0, 0.05) is 54.3 Å². The molecule has 12 rings (SSSR count). The van der Waals surface area contributed by atoms with Crippen molar-refractivity contribution >= 4 is 71.2 Å². The van der Waals surface area contributed by atoms with Crippen LogP contribution in [-0.4, -0.2) is 15.9 Å². The average Bonchev–Trinajstić information content (AvgIpc) is 3.82. The molecule has 2 aliphatic heterocycles. The predicted molar refractivity (Wildman–Crippen MR) is 201 cm³/mol. The molecule has 2 nitrogen and oxygen atoms in total. The smallest absolute Gasteiger partial charge is 0.333 e. The number of rotatable bonds is 1. The first-order valence-corrected chi connectivity index (χ1v) is 17.4. The van der Waals surface area contributed by atoms with E-state index in [9.17, 15) is 0 Å². The SMILES string of the molecule is CC1(C)c2ccccc2-c2c1n1c3c(cccc23)B2c3c(cc(-c4ccccc4)cc3-1)-c1cccc3c4sc5ccccc5c4n2c13. The van der Waals surface area contributed by atoms with Crippen molar-refractivity contribution in [3.05, 3.63) is 139 Å². The standard InChI is InChI=1S/C43H27BN2S/c1-43(2)32-19-8-6-14-27(32)36-29-17-11-20-33-39(29)45(42(36)43)34-23-25(24-12-4-3-5-13-24)22-31-26-16-10-18-30-38(26)46(44(33)37(31)34)40-28-15-7-9-21-35(28)47-41(30)40/h3-23H,1-2H3. The van der Waals surface area contributed by atoms with Gasteiger partial charge in [-0.25, -0.2) is 0 Å². The van der Waals surface area contributed by atoms with E-state index in [4.69, 9.17) is 0 Å². The van der Waals surface area contributed by atoms with E-state index in [0.717, 1.165) is 0 Å². The molecule has 0 bridgehead atoms. The van der Waals surface area contributed by atoms with Gasteiger partial charge in [0.15, 0.2) is 0 Å². The lowest BCUT2D eigenvalue weighted by Gasteiger charge is -2.36. The monoisotopic (exact) mass is 614 g/mol. The van der Waals surface area contributed by atoms with Gasteiger partial charge in [-0.1, -0.05) is 123 Å². The third-order valence-electron chi connectivity index (χ3n) is 11.4. The van der Waals surface area contributed by atoms with Gasteiger partial charge in [0.05, 0.1) is 15.7 Å². The highest BCUT2D eigenvalue weighted by atomic mass is 32.1. The largest absolute Gasteiger partial charge is 0.374 e. The molecule has 3 aromatic heterocycles. The molecule has 0 N–H and O–H groups in total. The molecule has 0 amide bonds. The zero-order valence-electron chi connectivity index (χ0n) is 26.0. The Hall–Kier alpha value is -5.32. The van der Waals surface area contributed by atoms with Gasteiger partial charge in [0.1, 0.15) is 0 Å². The Bertz CT molecular complexity index is 2880. The lowest BCUT2D eigenvalue weighted by molar-refractivity contribution is 0.624. The number of hydrogen-bond donors (Lipinski definition) is 0. The van der Waals surface area contributed by atoms with E-state index in [1.807, 2.05) is 11.3 Å². The third kappa shape index (κ3) is 2.75. The molecule has 0 spiro atoms. The second-order valence-electron chi connectivity index (χ2n) is 14.0. The highest BCUT2D eigenvalue weighted by molar-refractivity contribution is 7.27. The lowest BCUT2D eigenvalue weighted by Crippen LogP contribution is -2.55. The van der Waals surface area contributed by atoms with Crippen molar-refractivity contribution in [2.75, 3.05) is 0 Å². The highest BCUT2D eigenvalue weighted by Gasteiger charge is 2.47. The molecule has 0 atom stereocenters. The van der Waals surface area contributed by atoms with E-state index in [-0.39, 0.29) is 12.3 Å². The van der Waals surface area contributed by atoms with E-state index in [2.05, 4.69) is 150 Å². The van der Waals surface area contributed by atoms with E-state index >= 15 is 0 Å². The molecule has 9 aromatic rings. The fourth-order valence-corrected chi connectivity index (χ4v) is 10.9. The number of fused-ring (bicyclic) bond motifs is 14. The second-order valence-corrected chi connectivity index (χ2v) is 15.1. The minimum Gasteiger partial charge on any atom is -0.374 e. The fourth-order valence-electron chi connectivity index (χ4n) is 9.65. The maximum atomic E-state index is 2.72. The molecule has 6 aromatic carbocycles. The first-order valence-electron chi connectivity index (χ1n) is 16.6. The summed E-state index contributed by atoms with van der Waals surface area (Å²) in [5.41, 5.74) is 18.9. The number of aromatic nitrogens is 2. The summed E-state index contributed by atoms with van der Waals surface area (Å²) in [7, 11) is 0. The summed E-state index contributed by atoms with van der Waals surface area (Å²) in [5, 5.41) is 4.08. The maximum absolute atomic E-state index is 2.72. The predicted octanol–water partition coefficient (Wildman–Crippen LogP) is 9.87. The molecule has 3 aliphatic rings. The Labute approximate surface area is 276 Å². The number of benzene rings is 6. The van der Waals surface area contributed by atoms with Gasteiger partial charge in [-0.15, -0.1) is 11.3 Å². The molecular weight excluding hydrogens is 587 g/mol. The third-order valence-corrected chi connectivity index (χ3v) is 12.6. The van der Waals surface area contributed by atoms with Crippen LogP contribution in [0.5, 0.6) is 0 Å². The summed E-state index contributed by atoms with van der Waals surface area (Å²) < 4.78 is 8.15. The Balaban J connectivity index is 1.33. The van der Waals surface area contributed by atoms with Crippen LogP contribution >= 0.6 is 11.3 Å². The number of thiophene rings is 1. The van der Waals surface area contributed by atoms with Crippen molar-refractivity contribution in [2.24, 2.45) is 0 Å². The van der Waals surface area contributed by atoms with Gasteiger partial charge in [-0.3, -0.25) is 0 Å². The van der Waals surface area contributed by atoms with Crippen LogP contribution in [0.1, 0.15) is 25.1 Å². The minimum absolute atomic E-state index is 0.0716. The fraction of sp³-hybridized carbons (Fsp3) is 0.0698. The van der Waals surface area contributed by atoms with E-state index in [0.29, 0.717) is 0 Å². The van der Waals surface area contributed by atoms with Crippen LogP contribution < -0.4 is 10.9 Å². The maximum Gasteiger partial charge on any atom is 0.333 e. The van der Waals surface area contributed by atoms with Crippen molar-refractivity contribution in [2.45, 2.75) is 19.3 Å². The summed E-state index contributed by atoms with van der Waals surface area (Å²) in [6.07, 6.45) is 0. The average molecular weight is 615 g/mol. The number of hydrogen-bond acceptors (Lipinski definition) is 1. The van der Waals surface area contributed by atoms with Gasteiger partial charge in [-0.05, 0) is 56.9 Å². The molecule has 0 saturated heterocycles. The molecular formula is C43H27BN2S. The Morgan fingerprint density at radius 3 is 2.26 bits per heavy atom. The van der Waals surface area contributed by atoms with Gasteiger partial charge < -0.3 is 9.05 Å². The van der Waals surface area contributed by atoms with Crippen LogP contribution in [0, 0.1) is 0 Å². The van der Waals surface area contributed by atoms with Crippen molar-refractivity contribution in [1.29, 1.82) is 0 Å². The van der Waals surface area contributed by atoms with Crippen molar-refractivity contribution in [3.63, 3.8) is 0 Å². The quantitative estimate of drug-likeness (QED) is 0.163. The van der Waals surface area contributed by atoms with Crippen LogP contribution in [0.25, 0.3) is 81.2 Å². The molecule has 218 valence electrons. The lowest BCUT2D eigenvalue weighted by atomic mass is 9.45. The first-order chi connectivity index (χ1) is 23.1. The van der Waals surface area contributed by atoms with E-state index < -0.39 is 0 Å². The van der Waals surface area contributed by atoms with Crippen molar-refractivity contribution < 1.29 is 0 Å². The number of nitrogens with zero attached hydrogens (tertiary/aromatic N) is 2. The zero-order chi connectivity index (χ0) is 30.8. The topological polar surface area (TPSA) is 9.86 Å². The molecule has 47 heavy (non-hydrogen) atoms. The molecule has 4 heteroatoms. The summed E-state index contributed by atoms with van der Waals surface area (Å²) >= 11 is 1.94. The second kappa shape index (κ2) is 8.15. The van der Waals surface area contributed by atoms with Crippen molar-refractivity contribution in [1.82, 2.24) is 9.05 Å². The molecule has 0 saturated carbocycles. The Kier molecular flexibility index (Phi) is 4.31. The summed E-state index contributed by atoms with van der Waals surface area (Å²) in [6, 6.07) is 48.1. The summed E-state index contributed by atoms with van der Waals surface area (Å²) in [6.45, 7) is 4.92. The normalized spacial score (nSPS) is 14.7. The first kappa shape index (κ1) is 24.9. The molecule has 1 aliphatic carbocycles. The molecule has 0 radical (unpaired) electrons. The zero-order valence-corrected chi connectivity index (χ0v) is 26.8. The number of para-hydroxylation sites is 2. The van der Waals surface area contributed by atoms with Crippen LogP contribution in [0.4, 0.5) is 0 Å². The van der Waals surface area contributed by atoms with Crippen LogP contribution in [0.3, 0.4) is 0 Å². The van der Waals surface area contributed by atoms with Crippen LogP contribution in [0.15, 0.2) is 127 Å². The van der Waals surface area contributed by atoms with Gasteiger partial charge in [-0.2, -0.15) is 0 Å². The van der Waals surface area contributed by atoms with Crippen LogP contribution in [-0.2, 0) is 5.41 Å². The van der Waals surface area contributed by atoms with E-state index in [1.54, 1.807) is 0 Å². The Morgan fingerprint density at radius 1 is 0.596 bits per heavy atom. The van der Waals surface area contributed by atoms with Gasteiger partial charge in [0.2, 0.25) is 0 Å². The van der Waals surface area contributed by atoms with Gasteiger partial charge in [0.25, 0.3) is 0 Å². The summed E-state index contributed by atoms with van der Waals surface area (Å²) in [5.74, 6) is 0. The summed E-state index contributed by atoms with van der Waals surface area (Å²) in [4.78, 5) is 0. The van der Waals surface area contributed by atoms with Crippen LogP contribution in [0.2, 0.25) is 0 Å². The van der Waals surface area contributed by atoms with Crippen molar-refractivity contribution in [3.8, 4) is 39.1 Å². The Morgan fingerprint density at radius 2 is 1.34 bits per heavy atom. The molecule has 0 unspecified atom stereocenters. The van der Waals surface area contributed by atoms with Gasteiger partial charge >= 0.3 is 6.85 Å². The minimum atomic E-state index is -0.144. The van der Waals surface area contributed by atoms with E-state index in [1.165, 1.54) is 103 Å². The molecule has 5 heterocycles.